The summed E-state index contributed by atoms with van der Waals surface area (Å²) in [6.45, 7) is 3.64. The Morgan fingerprint density at radius 2 is 1.92 bits per heavy atom. The molecule has 3 aromatic rings. The minimum absolute atomic E-state index is 0.178. The minimum Gasteiger partial charge on any atom is -0.493 e. The Hall–Kier alpha value is -3.33. The van der Waals surface area contributed by atoms with Crippen LogP contribution in [0.4, 0.5) is 11.4 Å². The fourth-order valence-electron chi connectivity index (χ4n) is 3.51. The summed E-state index contributed by atoms with van der Waals surface area (Å²) >= 11 is 12.8. The van der Waals surface area contributed by atoms with Crippen LogP contribution in [0.15, 0.2) is 65.6 Å². The van der Waals surface area contributed by atoms with Crippen LogP contribution < -0.4 is 19.7 Å². The van der Waals surface area contributed by atoms with Crippen LogP contribution in [0.3, 0.4) is 0 Å². The molecule has 0 unspecified atom stereocenters. The largest absolute Gasteiger partial charge is 0.493 e. The topological polar surface area (TPSA) is 67.9 Å². The SMILES string of the molecule is COc1cc(/C=C2\SC(=S)N(c3cccc(C)c3)C2=O)ccc1OCC(=O)Nc1ccc(C)c(Cl)c1. The van der Waals surface area contributed by atoms with E-state index in [0.717, 1.165) is 22.4 Å². The molecule has 1 saturated heterocycles. The molecule has 0 aromatic heterocycles. The Kier molecular flexibility index (Phi) is 7.98. The van der Waals surface area contributed by atoms with Gasteiger partial charge in [-0.1, -0.05) is 59.8 Å². The van der Waals surface area contributed by atoms with E-state index in [2.05, 4.69) is 5.32 Å². The highest BCUT2D eigenvalue weighted by Crippen LogP contribution is 2.37. The van der Waals surface area contributed by atoms with Gasteiger partial charge in [-0.3, -0.25) is 14.5 Å². The van der Waals surface area contributed by atoms with Crippen molar-refractivity contribution in [1.29, 1.82) is 0 Å². The lowest BCUT2D eigenvalue weighted by Crippen LogP contribution is -2.27. The summed E-state index contributed by atoms with van der Waals surface area (Å²) in [7, 11) is 1.51. The Labute approximate surface area is 224 Å². The standard InChI is InChI=1S/C27H23ClN2O4S2/c1-16-5-4-6-20(11-16)30-26(32)24(36-27(30)35)13-18-8-10-22(23(12-18)33-3)34-15-25(31)29-19-9-7-17(2)21(28)14-19/h4-14H,15H2,1-3H3,(H,29,31)/b24-13-. The first kappa shape index (κ1) is 25.8. The zero-order valence-electron chi connectivity index (χ0n) is 19.8. The van der Waals surface area contributed by atoms with E-state index in [1.807, 2.05) is 44.2 Å². The average Bonchev–Trinajstić information content (AvgIpc) is 3.12. The zero-order valence-corrected chi connectivity index (χ0v) is 22.2. The van der Waals surface area contributed by atoms with Gasteiger partial charge in [0.05, 0.1) is 17.7 Å². The van der Waals surface area contributed by atoms with Gasteiger partial charge in [0.15, 0.2) is 22.4 Å². The van der Waals surface area contributed by atoms with Crippen LogP contribution in [0, 0.1) is 13.8 Å². The van der Waals surface area contributed by atoms with E-state index in [1.165, 1.54) is 23.8 Å². The summed E-state index contributed by atoms with van der Waals surface area (Å²) in [4.78, 5) is 27.4. The van der Waals surface area contributed by atoms with Crippen LogP contribution in [0.5, 0.6) is 11.5 Å². The smallest absolute Gasteiger partial charge is 0.270 e. The molecule has 6 nitrogen and oxygen atoms in total. The van der Waals surface area contributed by atoms with E-state index in [0.29, 0.717) is 31.4 Å². The number of anilines is 2. The quantitative estimate of drug-likeness (QED) is 0.278. The number of carbonyl (C=O) groups excluding carboxylic acids is 2. The predicted molar refractivity (Wildman–Crippen MR) is 150 cm³/mol. The van der Waals surface area contributed by atoms with Gasteiger partial charge in [-0.05, 0) is 73.0 Å². The molecular formula is C27H23ClN2O4S2. The number of rotatable bonds is 7. The van der Waals surface area contributed by atoms with Gasteiger partial charge in [0, 0.05) is 10.7 Å². The first-order valence-electron chi connectivity index (χ1n) is 11.0. The van der Waals surface area contributed by atoms with E-state index in [4.69, 9.17) is 33.3 Å². The minimum atomic E-state index is -0.333. The number of thioether (sulfide) groups is 1. The maximum Gasteiger partial charge on any atom is 0.270 e. The highest BCUT2D eigenvalue weighted by Gasteiger charge is 2.33. The third-order valence-electron chi connectivity index (χ3n) is 5.35. The molecule has 9 heteroatoms. The second-order valence-corrected chi connectivity index (χ2v) is 10.2. The Morgan fingerprint density at radius 3 is 2.64 bits per heavy atom. The zero-order chi connectivity index (χ0) is 25.8. The van der Waals surface area contributed by atoms with E-state index in [1.54, 1.807) is 36.4 Å². The lowest BCUT2D eigenvalue weighted by molar-refractivity contribution is -0.118. The number of ether oxygens (including phenoxy) is 2. The van der Waals surface area contributed by atoms with Gasteiger partial charge in [-0.15, -0.1) is 0 Å². The predicted octanol–water partition coefficient (Wildman–Crippen LogP) is 6.39. The highest BCUT2D eigenvalue weighted by molar-refractivity contribution is 8.27. The monoisotopic (exact) mass is 538 g/mol. The summed E-state index contributed by atoms with van der Waals surface area (Å²) < 4.78 is 11.6. The first-order valence-corrected chi connectivity index (χ1v) is 12.6. The number of benzene rings is 3. The van der Waals surface area contributed by atoms with Gasteiger partial charge >= 0.3 is 0 Å². The van der Waals surface area contributed by atoms with Crippen LogP contribution in [-0.2, 0) is 9.59 Å². The third kappa shape index (κ3) is 5.90. The number of aryl methyl sites for hydroxylation is 2. The Bertz CT molecular complexity index is 1390. The molecule has 0 spiro atoms. The van der Waals surface area contributed by atoms with E-state index < -0.39 is 0 Å². The van der Waals surface area contributed by atoms with Crippen LogP contribution in [-0.4, -0.2) is 29.9 Å². The highest BCUT2D eigenvalue weighted by atomic mass is 35.5. The van der Waals surface area contributed by atoms with Gasteiger partial charge in [0.1, 0.15) is 0 Å². The second kappa shape index (κ2) is 11.2. The van der Waals surface area contributed by atoms with Crippen molar-refractivity contribution in [2.24, 2.45) is 0 Å². The Morgan fingerprint density at radius 1 is 1.11 bits per heavy atom. The molecule has 2 amide bonds. The van der Waals surface area contributed by atoms with Gasteiger partial charge in [0.2, 0.25) is 0 Å². The third-order valence-corrected chi connectivity index (χ3v) is 7.06. The van der Waals surface area contributed by atoms with Crippen molar-refractivity contribution in [3.8, 4) is 11.5 Å². The van der Waals surface area contributed by atoms with Gasteiger partial charge in [-0.25, -0.2) is 0 Å². The molecule has 0 radical (unpaired) electrons. The number of thiocarbonyl (C=S) groups is 1. The van der Waals surface area contributed by atoms with Gasteiger partial charge < -0.3 is 14.8 Å². The fraction of sp³-hybridized carbons (Fsp3) is 0.148. The number of methoxy groups -OCH3 is 1. The molecule has 36 heavy (non-hydrogen) atoms. The van der Waals surface area contributed by atoms with Crippen LogP contribution in [0.1, 0.15) is 16.7 Å². The van der Waals surface area contributed by atoms with Crippen LogP contribution in [0.25, 0.3) is 6.08 Å². The molecule has 184 valence electrons. The van der Waals surface area contributed by atoms with E-state index in [9.17, 15) is 9.59 Å². The van der Waals surface area contributed by atoms with E-state index in [-0.39, 0.29) is 18.4 Å². The average molecular weight is 539 g/mol. The number of nitrogens with one attached hydrogen (secondary N) is 1. The summed E-state index contributed by atoms with van der Waals surface area (Å²) in [6, 6.07) is 18.2. The van der Waals surface area contributed by atoms with Crippen molar-refractivity contribution in [2.45, 2.75) is 13.8 Å². The molecule has 1 N–H and O–H groups in total. The Balaban J connectivity index is 1.45. The summed E-state index contributed by atoms with van der Waals surface area (Å²) in [5.74, 6) is 0.326. The number of halogens is 1. The fourth-order valence-corrected chi connectivity index (χ4v) is 4.99. The van der Waals surface area contributed by atoms with E-state index >= 15 is 0 Å². The normalized spacial score (nSPS) is 14.3. The van der Waals surface area contributed by atoms with Crippen molar-refractivity contribution < 1.29 is 19.1 Å². The molecule has 4 rings (SSSR count). The van der Waals surface area contributed by atoms with Gasteiger partial charge in [-0.2, -0.15) is 0 Å². The summed E-state index contributed by atoms with van der Waals surface area (Å²) in [5, 5.41) is 3.32. The van der Waals surface area contributed by atoms with Gasteiger partial charge in [0.25, 0.3) is 11.8 Å². The van der Waals surface area contributed by atoms with Crippen molar-refractivity contribution in [1.82, 2.24) is 0 Å². The lowest BCUT2D eigenvalue weighted by atomic mass is 10.1. The molecule has 0 atom stereocenters. The molecule has 3 aromatic carbocycles. The van der Waals surface area contributed by atoms with Crippen molar-refractivity contribution in [2.75, 3.05) is 23.9 Å². The maximum atomic E-state index is 13.1. The van der Waals surface area contributed by atoms with Crippen molar-refractivity contribution in [3.63, 3.8) is 0 Å². The number of hydrogen-bond donors (Lipinski definition) is 1. The number of amides is 2. The summed E-state index contributed by atoms with van der Waals surface area (Å²) in [6.07, 6.45) is 1.76. The van der Waals surface area contributed by atoms with Crippen LogP contribution in [0.2, 0.25) is 5.02 Å². The molecule has 1 heterocycles. The molecular weight excluding hydrogens is 516 g/mol. The second-order valence-electron chi connectivity index (χ2n) is 8.07. The molecule has 1 aliphatic heterocycles. The number of hydrogen-bond acceptors (Lipinski definition) is 6. The first-order chi connectivity index (χ1) is 17.2. The molecule has 0 saturated carbocycles. The van der Waals surface area contributed by atoms with Crippen molar-refractivity contribution >= 4 is 69.2 Å². The molecule has 0 bridgehead atoms. The molecule has 0 aliphatic carbocycles. The summed E-state index contributed by atoms with van der Waals surface area (Å²) in [5.41, 5.74) is 4.04. The molecule has 1 aliphatic rings. The van der Waals surface area contributed by atoms with Crippen LogP contribution >= 0.6 is 35.6 Å². The number of nitrogens with zero attached hydrogens (tertiary/aromatic N) is 1. The lowest BCUT2D eigenvalue weighted by Gasteiger charge is -2.14. The maximum absolute atomic E-state index is 13.1. The van der Waals surface area contributed by atoms with Crippen molar-refractivity contribution in [3.05, 3.63) is 87.3 Å². The number of carbonyl (C=O) groups is 2. The molecule has 1 fully saturated rings.